The molecule has 0 aliphatic carbocycles. The maximum atomic E-state index is 12.9. The molecule has 182 valence electrons. The molecule has 10 heteroatoms. The van der Waals surface area contributed by atoms with E-state index in [-0.39, 0.29) is 25.7 Å². The second-order valence-corrected chi connectivity index (χ2v) is 6.91. The van der Waals surface area contributed by atoms with Crippen LogP contribution in [0.3, 0.4) is 0 Å². The smallest absolute Gasteiger partial charge is 0.416 e. The highest BCUT2D eigenvalue weighted by atomic mass is 19.4. The summed E-state index contributed by atoms with van der Waals surface area (Å²) in [4.78, 5) is 11.1. The lowest BCUT2D eigenvalue weighted by Gasteiger charge is -2.12. The number of carboxylic acid groups (broad SMARTS) is 1. The Morgan fingerprint density at radius 1 is 1.03 bits per heavy atom. The van der Waals surface area contributed by atoms with Crippen LogP contribution in [-0.2, 0) is 28.3 Å². The minimum absolute atomic E-state index is 0.0405. The summed E-state index contributed by atoms with van der Waals surface area (Å²) in [5.41, 5.74) is -2.56. The van der Waals surface area contributed by atoms with E-state index in [9.17, 15) is 31.1 Å². The number of halogens is 6. The van der Waals surface area contributed by atoms with Crippen LogP contribution < -0.4 is 4.74 Å². The molecule has 0 aliphatic rings. The number of alkyl halides is 6. The van der Waals surface area contributed by atoms with Gasteiger partial charge in [-0.2, -0.15) is 26.3 Å². The minimum atomic E-state index is -4.94. The van der Waals surface area contributed by atoms with Gasteiger partial charge in [0, 0.05) is 18.6 Å². The average Bonchev–Trinajstić information content (AvgIpc) is 2.75. The first-order valence-electron chi connectivity index (χ1n) is 9.92. The molecule has 0 radical (unpaired) electrons. The van der Waals surface area contributed by atoms with Crippen LogP contribution in [0.1, 0.15) is 29.2 Å². The number of hydrogen-bond donors (Lipinski definition) is 1. The average molecular weight is 486 g/mol. The zero-order valence-electron chi connectivity index (χ0n) is 17.8. The molecule has 0 saturated carbocycles. The molecule has 34 heavy (non-hydrogen) atoms. The molecule has 0 spiro atoms. The zero-order chi connectivity index (χ0) is 25.4. The van der Waals surface area contributed by atoms with Gasteiger partial charge in [-0.3, -0.25) is 0 Å². The van der Waals surface area contributed by atoms with Gasteiger partial charge in [0.1, 0.15) is 12.4 Å². The molecule has 0 amide bonds. The zero-order valence-corrected chi connectivity index (χ0v) is 17.8. The van der Waals surface area contributed by atoms with Crippen LogP contribution in [0.5, 0.6) is 5.75 Å². The van der Waals surface area contributed by atoms with E-state index in [0.717, 1.165) is 5.56 Å². The third kappa shape index (κ3) is 8.48. The van der Waals surface area contributed by atoms with E-state index in [1.807, 2.05) is 0 Å². The maximum absolute atomic E-state index is 12.9. The van der Waals surface area contributed by atoms with E-state index in [0.29, 0.717) is 17.9 Å². The standard InChI is InChI=1S/C24H20F6O4/c1-2-33-21(22(31)32)14-16-7-9-20(10-8-16)34-11-5-3-4-6-17-12-18(23(25,26)27)15-19(13-17)24(28,29)30/h3,5,7-10,12-13,15,21H,2,11,14H2,1H3,(H,31,32)/b5-3-/t21-/m0/s1. The maximum Gasteiger partial charge on any atom is 0.416 e. The fraction of sp³-hybridized carbons (Fsp3) is 0.292. The summed E-state index contributed by atoms with van der Waals surface area (Å²) in [5, 5.41) is 9.11. The van der Waals surface area contributed by atoms with Gasteiger partial charge in [-0.15, -0.1) is 0 Å². The van der Waals surface area contributed by atoms with Gasteiger partial charge in [0.15, 0.2) is 6.10 Å². The van der Waals surface area contributed by atoms with Crippen molar-refractivity contribution in [2.75, 3.05) is 13.2 Å². The molecule has 0 fully saturated rings. The normalized spacial score (nSPS) is 12.8. The summed E-state index contributed by atoms with van der Waals surface area (Å²) in [7, 11) is 0. The fourth-order valence-corrected chi connectivity index (χ4v) is 2.76. The quantitative estimate of drug-likeness (QED) is 0.382. The van der Waals surface area contributed by atoms with Crippen LogP contribution in [0.4, 0.5) is 26.3 Å². The molecular weight excluding hydrogens is 466 g/mol. The lowest BCUT2D eigenvalue weighted by atomic mass is 10.0. The van der Waals surface area contributed by atoms with Crippen molar-refractivity contribution in [1.29, 1.82) is 0 Å². The van der Waals surface area contributed by atoms with Gasteiger partial charge < -0.3 is 14.6 Å². The molecule has 0 unspecified atom stereocenters. The van der Waals surface area contributed by atoms with E-state index in [4.69, 9.17) is 14.6 Å². The van der Waals surface area contributed by atoms with Crippen molar-refractivity contribution in [3.8, 4) is 17.6 Å². The first kappa shape index (κ1) is 26.8. The Morgan fingerprint density at radius 3 is 2.12 bits per heavy atom. The van der Waals surface area contributed by atoms with Crippen molar-refractivity contribution < 1.29 is 45.7 Å². The van der Waals surface area contributed by atoms with E-state index in [2.05, 4.69) is 11.8 Å². The lowest BCUT2D eigenvalue weighted by molar-refractivity contribution is -0.150. The molecule has 2 aromatic carbocycles. The van der Waals surface area contributed by atoms with Crippen LogP contribution in [0, 0.1) is 11.8 Å². The van der Waals surface area contributed by atoms with Crippen LogP contribution in [0.15, 0.2) is 54.6 Å². The highest BCUT2D eigenvalue weighted by molar-refractivity contribution is 5.72. The van der Waals surface area contributed by atoms with Crippen LogP contribution >= 0.6 is 0 Å². The minimum Gasteiger partial charge on any atom is -0.490 e. The van der Waals surface area contributed by atoms with Crippen LogP contribution in [0.25, 0.3) is 0 Å². The van der Waals surface area contributed by atoms with Crippen molar-refractivity contribution in [2.45, 2.75) is 31.8 Å². The SMILES string of the molecule is CCO[C@@H](Cc1ccc(OC/C=C\C#Cc2cc(C(F)(F)F)cc(C(F)(F)F)c2)cc1)C(=O)O. The molecule has 0 aliphatic heterocycles. The van der Waals surface area contributed by atoms with E-state index in [1.165, 1.54) is 12.2 Å². The first-order chi connectivity index (χ1) is 15.9. The summed E-state index contributed by atoms with van der Waals surface area (Å²) in [6.07, 6.45) is -7.95. The second kappa shape index (κ2) is 11.6. The van der Waals surface area contributed by atoms with Crippen molar-refractivity contribution in [3.63, 3.8) is 0 Å². The topological polar surface area (TPSA) is 55.8 Å². The van der Waals surface area contributed by atoms with Crippen molar-refractivity contribution in [1.82, 2.24) is 0 Å². The Hall–Kier alpha value is -3.45. The first-order valence-corrected chi connectivity index (χ1v) is 9.92. The summed E-state index contributed by atoms with van der Waals surface area (Å²) >= 11 is 0. The van der Waals surface area contributed by atoms with Gasteiger partial charge in [-0.05, 0) is 55.0 Å². The Morgan fingerprint density at radius 2 is 1.62 bits per heavy atom. The van der Waals surface area contributed by atoms with Crippen molar-refractivity contribution >= 4 is 5.97 Å². The molecular formula is C24H20F6O4. The molecule has 0 bridgehead atoms. The second-order valence-electron chi connectivity index (χ2n) is 6.91. The van der Waals surface area contributed by atoms with Crippen molar-refractivity contribution in [3.05, 3.63) is 76.9 Å². The fourth-order valence-electron chi connectivity index (χ4n) is 2.76. The molecule has 0 aromatic heterocycles. The van der Waals surface area contributed by atoms with Gasteiger partial charge >= 0.3 is 18.3 Å². The molecule has 2 rings (SSSR count). The number of rotatable bonds is 8. The summed E-state index contributed by atoms with van der Waals surface area (Å²) < 4.78 is 87.8. The number of carbonyl (C=O) groups is 1. The number of carboxylic acids is 1. The molecule has 0 heterocycles. The highest BCUT2D eigenvalue weighted by Crippen LogP contribution is 2.36. The molecule has 1 atom stereocenters. The Bertz CT molecular complexity index is 1030. The van der Waals surface area contributed by atoms with Gasteiger partial charge in [0.2, 0.25) is 0 Å². The monoisotopic (exact) mass is 486 g/mol. The van der Waals surface area contributed by atoms with Gasteiger partial charge in [-0.25, -0.2) is 4.79 Å². The number of hydrogen-bond acceptors (Lipinski definition) is 3. The van der Waals surface area contributed by atoms with Gasteiger partial charge in [-0.1, -0.05) is 24.0 Å². The summed E-state index contributed by atoms with van der Waals surface area (Å²) in [6.45, 7) is 2.01. The number of ether oxygens (including phenoxy) is 2. The van der Waals surface area contributed by atoms with Gasteiger partial charge in [0.25, 0.3) is 0 Å². The number of allylic oxidation sites excluding steroid dienone is 1. The third-order valence-corrected chi connectivity index (χ3v) is 4.34. The van der Waals surface area contributed by atoms with E-state index in [1.54, 1.807) is 31.2 Å². The summed E-state index contributed by atoms with van der Waals surface area (Å²) in [5.74, 6) is 4.05. The molecule has 2 aromatic rings. The van der Waals surface area contributed by atoms with Crippen LogP contribution in [0.2, 0.25) is 0 Å². The largest absolute Gasteiger partial charge is 0.490 e. The highest BCUT2D eigenvalue weighted by Gasteiger charge is 2.36. The van der Waals surface area contributed by atoms with E-state index < -0.39 is 41.1 Å². The van der Waals surface area contributed by atoms with Crippen LogP contribution in [-0.4, -0.2) is 30.4 Å². The Labute approximate surface area is 191 Å². The van der Waals surface area contributed by atoms with E-state index >= 15 is 0 Å². The number of benzene rings is 2. The summed E-state index contributed by atoms with van der Waals surface area (Å²) in [6, 6.07) is 7.75. The number of aliphatic carboxylic acids is 1. The molecule has 1 N–H and O–H groups in total. The van der Waals surface area contributed by atoms with Gasteiger partial charge in [0.05, 0.1) is 11.1 Å². The predicted molar refractivity (Wildman–Crippen MR) is 111 cm³/mol. The van der Waals surface area contributed by atoms with Crippen molar-refractivity contribution in [2.24, 2.45) is 0 Å². The lowest BCUT2D eigenvalue weighted by Crippen LogP contribution is -2.26. The third-order valence-electron chi connectivity index (χ3n) is 4.34. The predicted octanol–water partition coefficient (Wildman–Crippen LogP) is 5.74. The molecule has 4 nitrogen and oxygen atoms in total. The Kier molecular flexibility index (Phi) is 9.15. The Balaban J connectivity index is 1.97. The molecule has 0 saturated heterocycles.